The van der Waals surface area contributed by atoms with Crippen LogP contribution in [0, 0.1) is 12.7 Å². The third-order valence-electron chi connectivity index (χ3n) is 2.87. The molecule has 0 spiro atoms. The van der Waals surface area contributed by atoms with E-state index in [1.807, 2.05) is 17.7 Å². The van der Waals surface area contributed by atoms with E-state index in [9.17, 15) is 4.39 Å². The molecule has 86 valence electrons. The molecule has 0 fully saturated rings. The number of nitrogens with zero attached hydrogens (tertiary/aromatic N) is 2. The van der Waals surface area contributed by atoms with Crippen LogP contribution in [0.2, 0.25) is 0 Å². The molecule has 0 N–H and O–H groups in total. The molecule has 1 aromatic carbocycles. The molecule has 0 aliphatic carbocycles. The smallest absolute Gasteiger partial charge is 0.124 e. The lowest BCUT2D eigenvalue weighted by Crippen LogP contribution is -1.99. The first kappa shape index (κ1) is 11.1. The monoisotopic (exact) mass is 220 g/mol. The largest absolute Gasteiger partial charge is 0.265 e. The van der Waals surface area contributed by atoms with E-state index in [1.165, 1.54) is 18.9 Å². The zero-order valence-electron chi connectivity index (χ0n) is 9.83. The van der Waals surface area contributed by atoms with E-state index in [0.717, 1.165) is 29.6 Å². The van der Waals surface area contributed by atoms with Gasteiger partial charge in [-0.25, -0.2) is 4.39 Å². The van der Waals surface area contributed by atoms with Crippen molar-refractivity contribution in [1.29, 1.82) is 0 Å². The molecule has 2 aromatic rings. The first-order chi connectivity index (χ1) is 7.72. The highest BCUT2D eigenvalue weighted by Crippen LogP contribution is 2.19. The Labute approximate surface area is 95.1 Å². The molecule has 0 amide bonds. The van der Waals surface area contributed by atoms with Gasteiger partial charge in [-0.15, -0.1) is 0 Å². The number of aryl methyl sites for hydroxylation is 2. The first-order valence-corrected chi connectivity index (χ1v) is 5.85. The predicted octanol–water partition coefficient (Wildman–Crippen LogP) is 3.67. The summed E-state index contributed by atoms with van der Waals surface area (Å²) in [6, 6.07) is 4.88. The van der Waals surface area contributed by atoms with Crippen molar-refractivity contribution in [3.63, 3.8) is 0 Å². The Hall–Kier alpha value is -1.38. The standard InChI is InChI=1S/C13H17FN2/c1-3-4-5-8-16-13-7-6-11(14)9-12(13)10(2)15-16/h6-7,9H,3-5,8H2,1-2H3. The quantitative estimate of drug-likeness (QED) is 0.719. The molecule has 3 heteroatoms. The fourth-order valence-electron chi connectivity index (χ4n) is 1.99. The number of rotatable bonds is 4. The maximum Gasteiger partial charge on any atom is 0.124 e. The lowest BCUT2D eigenvalue weighted by atomic mass is 10.2. The van der Waals surface area contributed by atoms with E-state index in [4.69, 9.17) is 0 Å². The highest BCUT2D eigenvalue weighted by Gasteiger charge is 2.07. The van der Waals surface area contributed by atoms with Crippen LogP contribution in [0.3, 0.4) is 0 Å². The molecule has 0 saturated carbocycles. The molecule has 2 nitrogen and oxygen atoms in total. The predicted molar refractivity (Wildman–Crippen MR) is 64.0 cm³/mol. The van der Waals surface area contributed by atoms with Gasteiger partial charge in [0.25, 0.3) is 0 Å². The number of hydrogen-bond donors (Lipinski definition) is 0. The Morgan fingerprint density at radius 1 is 1.31 bits per heavy atom. The summed E-state index contributed by atoms with van der Waals surface area (Å²) < 4.78 is 15.1. The van der Waals surface area contributed by atoms with Crippen LogP contribution in [0.5, 0.6) is 0 Å². The normalized spacial score (nSPS) is 11.2. The third-order valence-corrected chi connectivity index (χ3v) is 2.87. The molecule has 0 unspecified atom stereocenters. The number of halogens is 1. The number of benzene rings is 1. The van der Waals surface area contributed by atoms with Gasteiger partial charge in [0.1, 0.15) is 5.82 Å². The first-order valence-electron chi connectivity index (χ1n) is 5.85. The van der Waals surface area contributed by atoms with Crippen LogP contribution >= 0.6 is 0 Å². The second-order valence-electron chi connectivity index (χ2n) is 4.18. The summed E-state index contributed by atoms with van der Waals surface area (Å²) in [4.78, 5) is 0. The molecule has 0 aliphatic rings. The minimum Gasteiger partial charge on any atom is -0.265 e. The average molecular weight is 220 g/mol. The topological polar surface area (TPSA) is 17.8 Å². The number of unbranched alkanes of at least 4 members (excludes halogenated alkanes) is 2. The van der Waals surface area contributed by atoms with Crippen LogP contribution in [-0.4, -0.2) is 9.78 Å². The minimum absolute atomic E-state index is 0.191. The van der Waals surface area contributed by atoms with Gasteiger partial charge in [0, 0.05) is 11.9 Å². The summed E-state index contributed by atoms with van der Waals surface area (Å²) in [7, 11) is 0. The van der Waals surface area contributed by atoms with Gasteiger partial charge in [0.2, 0.25) is 0 Å². The highest BCUT2D eigenvalue weighted by atomic mass is 19.1. The van der Waals surface area contributed by atoms with Crippen LogP contribution in [-0.2, 0) is 6.54 Å². The van der Waals surface area contributed by atoms with Gasteiger partial charge in [-0.1, -0.05) is 19.8 Å². The van der Waals surface area contributed by atoms with Crippen LogP contribution in [0.4, 0.5) is 4.39 Å². The van der Waals surface area contributed by atoms with Crippen molar-refractivity contribution in [2.45, 2.75) is 39.7 Å². The molecule has 1 heterocycles. The molecule has 0 saturated heterocycles. The van der Waals surface area contributed by atoms with Crippen molar-refractivity contribution in [2.75, 3.05) is 0 Å². The van der Waals surface area contributed by atoms with Gasteiger partial charge in [-0.05, 0) is 31.5 Å². The van der Waals surface area contributed by atoms with Gasteiger partial charge < -0.3 is 0 Å². The lowest BCUT2D eigenvalue weighted by molar-refractivity contribution is 0.564. The molecular weight excluding hydrogens is 203 g/mol. The van der Waals surface area contributed by atoms with Crippen LogP contribution in [0.1, 0.15) is 31.9 Å². The minimum atomic E-state index is -0.191. The summed E-state index contributed by atoms with van der Waals surface area (Å²) in [5, 5.41) is 5.38. The van der Waals surface area contributed by atoms with Crippen molar-refractivity contribution in [1.82, 2.24) is 9.78 Å². The van der Waals surface area contributed by atoms with Gasteiger partial charge >= 0.3 is 0 Å². The van der Waals surface area contributed by atoms with Crippen molar-refractivity contribution in [3.05, 3.63) is 29.7 Å². The van der Waals surface area contributed by atoms with Crippen molar-refractivity contribution in [2.24, 2.45) is 0 Å². The third kappa shape index (κ3) is 2.08. The molecule has 1 aromatic heterocycles. The molecule has 0 aliphatic heterocycles. The van der Waals surface area contributed by atoms with E-state index in [0.29, 0.717) is 0 Å². The second-order valence-corrected chi connectivity index (χ2v) is 4.18. The van der Waals surface area contributed by atoms with Gasteiger partial charge in [-0.2, -0.15) is 5.10 Å². The maximum absolute atomic E-state index is 13.1. The number of aromatic nitrogens is 2. The van der Waals surface area contributed by atoms with E-state index in [2.05, 4.69) is 12.0 Å². The maximum atomic E-state index is 13.1. The van der Waals surface area contributed by atoms with Crippen LogP contribution < -0.4 is 0 Å². The number of hydrogen-bond acceptors (Lipinski definition) is 1. The number of fused-ring (bicyclic) bond motifs is 1. The molecule has 0 atom stereocenters. The zero-order chi connectivity index (χ0) is 11.5. The molecule has 0 bridgehead atoms. The molecule has 16 heavy (non-hydrogen) atoms. The summed E-state index contributed by atoms with van der Waals surface area (Å²) in [5.41, 5.74) is 1.95. The fourth-order valence-corrected chi connectivity index (χ4v) is 1.99. The van der Waals surface area contributed by atoms with Gasteiger partial charge in [0.05, 0.1) is 11.2 Å². The van der Waals surface area contributed by atoms with Crippen LogP contribution in [0.25, 0.3) is 10.9 Å². The summed E-state index contributed by atoms with van der Waals surface area (Å²) in [6.07, 6.45) is 3.54. The second kappa shape index (κ2) is 4.64. The Balaban J connectivity index is 2.32. The van der Waals surface area contributed by atoms with Crippen molar-refractivity contribution >= 4 is 10.9 Å². The summed E-state index contributed by atoms with van der Waals surface area (Å²) in [6.45, 7) is 5.03. The SMILES string of the molecule is CCCCCn1nc(C)c2cc(F)ccc21. The van der Waals surface area contributed by atoms with Gasteiger partial charge in [-0.3, -0.25) is 4.68 Å². The molecule has 2 rings (SSSR count). The van der Waals surface area contributed by atoms with Crippen LogP contribution in [0.15, 0.2) is 18.2 Å². The summed E-state index contributed by atoms with van der Waals surface area (Å²) >= 11 is 0. The summed E-state index contributed by atoms with van der Waals surface area (Å²) in [5.74, 6) is -0.191. The van der Waals surface area contributed by atoms with Crippen molar-refractivity contribution < 1.29 is 4.39 Å². The van der Waals surface area contributed by atoms with E-state index in [-0.39, 0.29) is 5.82 Å². The zero-order valence-corrected chi connectivity index (χ0v) is 9.83. The molecular formula is C13H17FN2. The highest BCUT2D eigenvalue weighted by molar-refractivity contribution is 5.81. The Bertz CT molecular complexity index is 488. The fraction of sp³-hybridized carbons (Fsp3) is 0.462. The lowest BCUT2D eigenvalue weighted by Gasteiger charge is -2.02. The van der Waals surface area contributed by atoms with Gasteiger partial charge in [0.15, 0.2) is 0 Å². The average Bonchev–Trinajstić information content (AvgIpc) is 2.56. The van der Waals surface area contributed by atoms with E-state index < -0.39 is 0 Å². The Kier molecular flexibility index (Phi) is 3.22. The Morgan fingerprint density at radius 3 is 2.88 bits per heavy atom. The van der Waals surface area contributed by atoms with E-state index in [1.54, 1.807) is 6.07 Å². The Morgan fingerprint density at radius 2 is 2.12 bits per heavy atom. The molecule has 0 radical (unpaired) electrons. The van der Waals surface area contributed by atoms with Crippen molar-refractivity contribution in [3.8, 4) is 0 Å². The van der Waals surface area contributed by atoms with E-state index >= 15 is 0 Å².